The van der Waals surface area contributed by atoms with Gasteiger partial charge in [-0.3, -0.25) is 4.79 Å². The number of halogens is 2. The maximum absolute atomic E-state index is 12.1. The second kappa shape index (κ2) is 5.75. The molecule has 1 amide bonds. The second-order valence-electron chi connectivity index (χ2n) is 4.21. The molecule has 0 atom stereocenters. The lowest BCUT2D eigenvalue weighted by Crippen LogP contribution is -2.12. The van der Waals surface area contributed by atoms with Crippen LogP contribution in [0.25, 0.3) is 0 Å². The van der Waals surface area contributed by atoms with Crippen LogP contribution in [0.5, 0.6) is 0 Å². The maximum Gasteiger partial charge on any atom is 0.255 e. The number of anilines is 2. The average molecular weight is 384 g/mol. The van der Waals surface area contributed by atoms with Crippen molar-refractivity contribution in [3.05, 3.63) is 56.5 Å². The van der Waals surface area contributed by atoms with E-state index in [9.17, 15) is 4.79 Å². The number of hydrogen-bond donors (Lipinski definition) is 2. The van der Waals surface area contributed by atoms with Gasteiger partial charge in [-0.2, -0.15) is 0 Å². The Hall–Kier alpha value is -1.33. The molecule has 0 aliphatic rings. The Kier molecular flexibility index (Phi) is 4.27. The summed E-state index contributed by atoms with van der Waals surface area (Å²) >= 11 is 6.75. The smallest absolute Gasteiger partial charge is 0.255 e. The molecular weight excluding hydrogens is 372 g/mol. The lowest BCUT2D eigenvalue weighted by atomic mass is 10.1. The minimum absolute atomic E-state index is 0.197. The summed E-state index contributed by atoms with van der Waals surface area (Å²) < 4.78 is 1.63. The molecule has 0 saturated carbocycles. The predicted octanol–water partition coefficient (Wildman–Crippen LogP) is 4.35. The zero-order valence-corrected chi connectivity index (χ0v) is 13.4. The van der Waals surface area contributed by atoms with Crippen LogP contribution in [0.4, 0.5) is 11.4 Å². The highest BCUT2D eigenvalue weighted by molar-refractivity contribution is 9.10. The van der Waals surface area contributed by atoms with Gasteiger partial charge in [0.25, 0.3) is 5.91 Å². The molecule has 2 rings (SSSR count). The summed E-state index contributed by atoms with van der Waals surface area (Å²) in [4.78, 5) is 12.1. The predicted molar refractivity (Wildman–Crippen MR) is 85.4 cm³/mol. The summed E-state index contributed by atoms with van der Waals surface area (Å²) in [5.74, 6) is -0.197. The van der Waals surface area contributed by atoms with Gasteiger partial charge in [0.15, 0.2) is 0 Å². The highest BCUT2D eigenvalue weighted by Crippen LogP contribution is 2.25. The lowest BCUT2D eigenvalue weighted by Gasteiger charge is -2.09. The van der Waals surface area contributed by atoms with Crippen LogP contribution in [0, 0.1) is 6.92 Å². The summed E-state index contributed by atoms with van der Waals surface area (Å²) in [6, 6.07) is 10.9. The van der Waals surface area contributed by atoms with E-state index in [1.165, 1.54) is 0 Å². The molecule has 5 heteroatoms. The molecule has 0 bridgehead atoms. The van der Waals surface area contributed by atoms with E-state index in [1.807, 2.05) is 25.1 Å². The lowest BCUT2D eigenvalue weighted by molar-refractivity contribution is 0.102. The molecule has 0 saturated heterocycles. The van der Waals surface area contributed by atoms with Crippen LogP contribution in [0.1, 0.15) is 15.9 Å². The normalized spacial score (nSPS) is 10.3. The first-order valence-electron chi connectivity index (χ1n) is 5.59. The third kappa shape index (κ3) is 3.58. The molecule has 0 spiro atoms. The van der Waals surface area contributed by atoms with Crippen LogP contribution < -0.4 is 11.1 Å². The van der Waals surface area contributed by atoms with E-state index >= 15 is 0 Å². The molecular formula is C14H12Br2N2O. The van der Waals surface area contributed by atoms with E-state index in [1.54, 1.807) is 18.2 Å². The first-order chi connectivity index (χ1) is 8.95. The van der Waals surface area contributed by atoms with Gasteiger partial charge in [0.2, 0.25) is 0 Å². The van der Waals surface area contributed by atoms with Crippen molar-refractivity contribution in [3.63, 3.8) is 0 Å². The van der Waals surface area contributed by atoms with E-state index < -0.39 is 0 Å². The van der Waals surface area contributed by atoms with Gasteiger partial charge < -0.3 is 11.1 Å². The summed E-state index contributed by atoms with van der Waals surface area (Å²) in [5, 5.41) is 2.85. The number of nitrogens with one attached hydrogen (secondary N) is 1. The molecule has 0 aliphatic carbocycles. The third-order valence-corrected chi connectivity index (χ3v) is 3.67. The number of amides is 1. The molecule has 98 valence electrons. The number of nitrogen functional groups attached to an aromatic ring is 1. The molecule has 2 aromatic rings. The Morgan fingerprint density at radius 2 is 1.89 bits per heavy atom. The fourth-order valence-electron chi connectivity index (χ4n) is 1.66. The number of aryl methyl sites for hydroxylation is 1. The standard InChI is InChI=1S/C14H12Br2N2O/c1-8-2-3-13(12(16)4-8)18-14(19)9-5-10(15)7-11(17)6-9/h2-7H,17H2,1H3,(H,18,19). The quantitative estimate of drug-likeness (QED) is 0.757. The van der Waals surface area contributed by atoms with Gasteiger partial charge >= 0.3 is 0 Å². The van der Waals surface area contributed by atoms with Crippen LogP contribution in [0.15, 0.2) is 45.3 Å². The second-order valence-corrected chi connectivity index (χ2v) is 5.98. The molecule has 0 heterocycles. The zero-order chi connectivity index (χ0) is 14.0. The van der Waals surface area contributed by atoms with Crippen molar-refractivity contribution in [1.82, 2.24) is 0 Å². The number of hydrogen-bond acceptors (Lipinski definition) is 2. The summed E-state index contributed by atoms with van der Waals surface area (Å²) in [7, 11) is 0. The van der Waals surface area contributed by atoms with Gasteiger partial charge in [0.05, 0.1) is 5.69 Å². The Morgan fingerprint density at radius 1 is 1.16 bits per heavy atom. The summed E-state index contributed by atoms with van der Waals surface area (Å²) in [6.07, 6.45) is 0. The van der Waals surface area contributed by atoms with Crippen molar-refractivity contribution in [2.75, 3.05) is 11.1 Å². The van der Waals surface area contributed by atoms with Gasteiger partial charge in [-0.05, 0) is 58.7 Å². The Balaban J connectivity index is 2.25. The minimum Gasteiger partial charge on any atom is -0.399 e. The van der Waals surface area contributed by atoms with Crippen molar-refractivity contribution < 1.29 is 4.79 Å². The SMILES string of the molecule is Cc1ccc(NC(=O)c2cc(N)cc(Br)c2)c(Br)c1. The van der Waals surface area contributed by atoms with E-state index in [0.717, 1.165) is 20.2 Å². The molecule has 0 radical (unpaired) electrons. The van der Waals surface area contributed by atoms with Crippen LogP contribution in [-0.4, -0.2) is 5.91 Å². The molecule has 0 aromatic heterocycles. The topological polar surface area (TPSA) is 55.1 Å². The molecule has 0 aliphatic heterocycles. The Bertz CT molecular complexity index is 621. The first kappa shape index (κ1) is 14.1. The zero-order valence-electron chi connectivity index (χ0n) is 10.2. The van der Waals surface area contributed by atoms with E-state index in [-0.39, 0.29) is 5.91 Å². The van der Waals surface area contributed by atoms with E-state index in [4.69, 9.17) is 5.73 Å². The monoisotopic (exact) mass is 382 g/mol. The van der Waals surface area contributed by atoms with Crippen LogP contribution >= 0.6 is 31.9 Å². The average Bonchev–Trinajstić information content (AvgIpc) is 2.31. The Morgan fingerprint density at radius 3 is 2.53 bits per heavy atom. The fourth-order valence-corrected chi connectivity index (χ4v) is 2.76. The third-order valence-electron chi connectivity index (χ3n) is 2.56. The van der Waals surface area contributed by atoms with Crippen LogP contribution in [0.2, 0.25) is 0 Å². The van der Waals surface area contributed by atoms with Crippen LogP contribution in [-0.2, 0) is 0 Å². The fraction of sp³-hybridized carbons (Fsp3) is 0.0714. The summed E-state index contributed by atoms with van der Waals surface area (Å²) in [5.41, 5.74) is 8.63. The highest BCUT2D eigenvalue weighted by atomic mass is 79.9. The highest BCUT2D eigenvalue weighted by Gasteiger charge is 2.09. The van der Waals surface area contributed by atoms with Gasteiger partial charge in [-0.25, -0.2) is 0 Å². The van der Waals surface area contributed by atoms with Gasteiger partial charge in [-0.15, -0.1) is 0 Å². The number of carbonyl (C=O) groups excluding carboxylic acids is 1. The molecule has 0 unspecified atom stereocenters. The summed E-state index contributed by atoms with van der Waals surface area (Å²) in [6.45, 7) is 1.99. The number of benzene rings is 2. The maximum atomic E-state index is 12.1. The van der Waals surface area contributed by atoms with Crippen molar-refractivity contribution in [1.29, 1.82) is 0 Å². The van der Waals surface area contributed by atoms with Gasteiger partial charge in [-0.1, -0.05) is 22.0 Å². The van der Waals surface area contributed by atoms with Gasteiger partial charge in [0.1, 0.15) is 0 Å². The van der Waals surface area contributed by atoms with Crippen molar-refractivity contribution >= 4 is 49.1 Å². The van der Waals surface area contributed by atoms with E-state index in [0.29, 0.717) is 11.3 Å². The van der Waals surface area contributed by atoms with E-state index in [2.05, 4.69) is 37.2 Å². The number of carbonyl (C=O) groups is 1. The van der Waals surface area contributed by atoms with Crippen molar-refractivity contribution in [2.45, 2.75) is 6.92 Å². The molecule has 19 heavy (non-hydrogen) atoms. The molecule has 3 N–H and O–H groups in total. The van der Waals surface area contributed by atoms with Crippen molar-refractivity contribution in [3.8, 4) is 0 Å². The number of nitrogens with two attached hydrogens (primary N) is 1. The molecule has 2 aromatic carbocycles. The van der Waals surface area contributed by atoms with Gasteiger partial charge in [0, 0.05) is 20.2 Å². The number of rotatable bonds is 2. The van der Waals surface area contributed by atoms with Crippen molar-refractivity contribution in [2.24, 2.45) is 0 Å². The van der Waals surface area contributed by atoms with Crippen LogP contribution in [0.3, 0.4) is 0 Å². The largest absolute Gasteiger partial charge is 0.399 e. The minimum atomic E-state index is -0.197. The molecule has 3 nitrogen and oxygen atoms in total. The first-order valence-corrected chi connectivity index (χ1v) is 7.18. The molecule has 0 fully saturated rings. The Labute approximate surface area is 128 Å².